The highest BCUT2D eigenvalue weighted by Crippen LogP contribution is 2.31. The fourth-order valence-corrected chi connectivity index (χ4v) is 3.03. The predicted molar refractivity (Wildman–Crippen MR) is 70.9 cm³/mol. The van der Waals surface area contributed by atoms with Crippen LogP contribution < -0.4 is 5.32 Å². The smallest absolute Gasteiger partial charge is 0.161 e. The number of hydrogen-bond donors (Lipinski definition) is 1. The monoisotopic (exact) mass is 285 g/mol. The zero-order valence-electron chi connectivity index (χ0n) is 10.6. The number of thiophene rings is 1. The van der Waals surface area contributed by atoms with Crippen LogP contribution in [0.1, 0.15) is 28.3 Å². The summed E-state index contributed by atoms with van der Waals surface area (Å²) in [5, 5.41) is 2.94. The van der Waals surface area contributed by atoms with Crippen molar-refractivity contribution in [2.45, 2.75) is 19.4 Å². The molecule has 0 fully saturated rings. The third kappa shape index (κ3) is 2.82. The van der Waals surface area contributed by atoms with Crippen molar-refractivity contribution in [3.8, 4) is 0 Å². The second kappa shape index (κ2) is 5.75. The predicted octanol–water partition coefficient (Wildman–Crippen LogP) is 4.04. The number of nitrogens with one attached hydrogen (secondary N) is 1. The van der Waals surface area contributed by atoms with Gasteiger partial charge in [-0.1, -0.05) is 6.92 Å². The van der Waals surface area contributed by atoms with Crippen molar-refractivity contribution in [2.24, 2.45) is 0 Å². The molecular formula is C14H14F3NS. The summed E-state index contributed by atoms with van der Waals surface area (Å²) < 4.78 is 40.0. The van der Waals surface area contributed by atoms with E-state index in [9.17, 15) is 13.2 Å². The van der Waals surface area contributed by atoms with Crippen LogP contribution in [-0.4, -0.2) is 7.05 Å². The Kier molecular flexibility index (Phi) is 4.27. The van der Waals surface area contributed by atoms with Gasteiger partial charge >= 0.3 is 0 Å². The van der Waals surface area contributed by atoms with Gasteiger partial charge in [0.25, 0.3) is 0 Å². The van der Waals surface area contributed by atoms with Gasteiger partial charge in [0.05, 0.1) is 6.04 Å². The fourth-order valence-electron chi connectivity index (χ4n) is 1.95. The first-order valence-electron chi connectivity index (χ1n) is 5.97. The molecule has 0 radical (unpaired) electrons. The Balaban J connectivity index is 2.44. The molecule has 102 valence electrons. The van der Waals surface area contributed by atoms with E-state index in [0.717, 1.165) is 17.4 Å². The summed E-state index contributed by atoms with van der Waals surface area (Å²) in [5.74, 6) is -2.95. The Morgan fingerprint density at radius 1 is 1.11 bits per heavy atom. The molecule has 1 atom stereocenters. The zero-order valence-corrected chi connectivity index (χ0v) is 11.5. The molecule has 0 spiro atoms. The standard InChI is InChI=1S/C14H14F3NS/c1-3-8-4-5-13(19-8)14(18-2)9-6-11(16)12(17)7-10(9)15/h4-7,14,18H,3H2,1-2H3. The average Bonchev–Trinajstić information content (AvgIpc) is 2.85. The first-order chi connectivity index (χ1) is 9.06. The van der Waals surface area contributed by atoms with Gasteiger partial charge < -0.3 is 5.32 Å². The Morgan fingerprint density at radius 3 is 2.37 bits per heavy atom. The van der Waals surface area contributed by atoms with Crippen LogP contribution in [0.2, 0.25) is 0 Å². The van der Waals surface area contributed by atoms with Crippen LogP contribution >= 0.6 is 11.3 Å². The molecule has 1 heterocycles. The van der Waals surface area contributed by atoms with E-state index in [0.29, 0.717) is 6.07 Å². The summed E-state index contributed by atoms with van der Waals surface area (Å²) in [5.41, 5.74) is 0.117. The molecule has 1 aromatic heterocycles. The summed E-state index contributed by atoms with van der Waals surface area (Å²) >= 11 is 1.53. The molecule has 0 saturated heterocycles. The molecule has 5 heteroatoms. The van der Waals surface area contributed by atoms with Crippen LogP contribution in [0.15, 0.2) is 24.3 Å². The lowest BCUT2D eigenvalue weighted by atomic mass is 10.0. The molecule has 0 bridgehead atoms. The molecule has 2 rings (SSSR count). The van der Waals surface area contributed by atoms with Gasteiger partial charge in [0.1, 0.15) is 5.82 Å². The van der Waals surface area contributed by atoms with Gasteiger partial charge in [0, 0.05) is 21.4 Å². The van der Waals surface area contributed by atoms with Crippen molar-refractivity contribution in [3.63, 3.8) is 0 Å². The van der Waals surface area contributed by atoms with E-state index in [-0.39, 0.29) is 5.56 Å². The first kappa shape index (κ1) is 14.1. The summed E-state index contributed by atoms with van der Waals surface area (Å²) in [6.07, 6.45) is 0.890. The van der Waals surface area contributed by atoms with Gasteiger partial charge in [0.2, 0.25) is 0 Å². The normalized spacial score (nSPS) is 12.7. The van der Waals surface area contributed by atoms with Crippen LogP contribution in [0.4, 0.5) is 13.2 Å². The van der Waals surface area contributed by atoms with E-state index in [4.69, 9.17) is 0 Å². The van der Waals surface area contributed by atoms with Gasteiger partial charge in [0.15, 0.2) is 11.6 Å². The number of halogens is 3. The third-order valence-electron chi connectivity index (χ3n) is 2.95. The first-order valence-corrected chi connectivity index (χ1v) is 6.78. The average molecular weight is 285 g/mol. The molecule has 1 nitrogen and oxygen atoms in total. The highest BCUT2D eigenvalue weighted by atomic mass is 32.1. The minimum Gasteiger partial charge on any atom is -0.309 e. The zero-order chi connectivity index (χ0) is 14.0. The van der Waals surface area contributed by atoms with E-state index in [1.807, 2.05) is 19.1 Å². The molecule has 2 aromatic rings. The lowest BCUT2D eigenvalue weighted by Crippen LogP contribution is -2.18. The Hall–Kier alpha value is -1.33. The second-order valence-corrected chi connectivity index (χ2v) is 5.37. The third-order valence-corrected chi connectivity index (χ3v) is 4.25. The van der Waals surface area contributed by atoms with Crippen LogP contribution in [-0.2, 0) is 6.42 Å². The summed E-state index contributed by atoms with van der Waals surface area (Å²) in [7, 11) is 1.66. The van der Waals surface area contributed by atoms with Crippen LogP contribution in [0.3, 0.4) is 0 Å². The van der Waals surface area contributed by atoms with Crippen LogP contribution in [0.5, 0.6) is 0 Å². The second-order valence-electron chi connectivity index (χ2n) is 4.17. The van der Waals surface area contributed by atoms with Crippen molar-refractivity contribution in [1.29, 1.82) is 0 Å². The van der Waals surface area contributed by atoms with Gasteiger partial charge in [-0.15, -0.1) is 11.3 Å². The molecule has 1 aromatic carbocycles. The van der Waals surface area contributed by atoms with Crippen molar-refractivity contribution >= 4 is 11.3 Å². The van der Waals surface area contributed by atoms with Crippen LogP contribution in [0.25, 0.3) is 0 Å². The molecule has 0 saturated carbocycles. The van der Waals surface area contributed by atoms with Gasteiger partial charge in [-0.2, -0.15) is 0 Å². The molecule has 0 amide bonds. The Labute approximate surface area is 114 Å². The SMILES string of the molecule is CCc1ccc(C(NC)c2cc(F)c(F)cc2F)s1. The molecular weight excluding hydrogens is 271 g/mol. The molecule has 19 heavy (non-hydrogen) atoms. The quantitative estimate of drug-likeness (QED) is 0.836. The number of hydrogen-bond acceptors (Lipinski definition) is 2. The Morgan fingerprint density at radius 2 is 1.79 bits per heavy atom. The molecule has 0 aliphatic heterocycles. The maximum Gasteiger partial charge on any atom is 0.161 e. The summed E-state index contributed by atoms with van der Waals surface area (Å²) in [4.78, 5) is 2.04. The van der Waals surface area contributed by atoms with Gasteiger partial charge in [-0.25, -0.2) is 13.2 Å². The maximum absolute atomic E-state index is 13.8. The van der Waals surface area contributed by atoms with Crippen molar-refractivity contribution in [3.05, 3.63) is 57.0 Å². The highest BCUT2D eigenvalue weighted by Gasteiger charge is 2.20. The summed E-state index contributed by atoms with van der Waals surface area (Å²) in [6.45, 7) is 2.03. The highest BCUT2D eigenvalue weighted by molar-refractivity contribution is 7.12. The fraction of sp³-hybridized carbons (Fsp3) is 0.286. The van der Waals surface area contributed by atoms with E-state index in [1.165, 1.54) is 16.2 Å². The molecule has 0 aliphatic carbocycles. The van der Waals surface area contributed by atoms with E-state index < -0.39 is 23.5 Å². The molecule has 1 N–H and O–H groups in total. The number of aryl methyl sites for hydroxylation is 1. The van der Waals surface area contributed by atoms with E-state index in [1.54, 1.807) is 7.05 Å². The topological polar surface area (TPSA) is 12.0 Å². The lowest BCUT2D eigenvalue weighted by Gasteiger charge is -2.16. The van der Waals surface area contributed by atoms with Gasteiger partial charge in [-0.05, 0) is 31.7 Å². The lowest BCUT2D eigenvalue weighted by molar-refractivity contribution is 0.484. The van der Waals surface area contributed by atoms with Crippen molar-refractivity contribution in [1.82, 2.24) is 5.32 Å². The molecule has 0 aliphatic rings. The number of benzene rings is 1. The summed E-state index contributed by atoms with van der Waals surface area (Å²) in [6, 6.07) is 4.87. The minimum atomic E-state index is -1.17. The Bertz CT molecular complexity index is 580. The van der Waals surface area contributed by atoms with Crippen molar-refractivity contribution < 1.29 is 13.2 Å². The van der Waals surface area contributed by atoms with Gasteiger partial charge in [-0.3, -0.25) is 0 Å². The van der Waals surface area contributed by atoms with E-state index in [2.05, 4.69) is 5.32 Å². The maximum atomic E-state index is 13.8. The largest absolute Gasteiger partial charge is 0.309 e. The van der Waals surface area contributed by atoms with Crippen molar-refractivity contribution in [2.75, 3.05) is 7.05 Å². The van der Waals surface area contributed by atoms with E-state index >= 15 is 0 Å². The molecule has 1 unspecified atom stereocenters. The van der Waals surface area contributed by atoms with Crippen LogP contribution in [0, 0.1) is 17.5 Å². The number of rotatable bonds is 4. The minimum absolute atomic E-state index is 0.117.